The molecule has 0 fully saturated rings. The molecule has 0 bridgehead atoms. The molecule has 0 atom stereocenters. The summed E-state index contributed by atoms with van der Waals surface area (Å²) in [5.41, 5.74) is 6.21. The summed E-state index contributed by atoms with van der Waals surface area (Å²) in [6, 6.07) is 3.72. The summed E-state index contributed by atoms with van der Waals surface area (Å²) in [6.45, 7) is 0. The van der Waals surface area contributed by atoms with E-state index in [1.54, 1.807) is 12.4 Å². The fourth-order valence-electron chi connectivity index (χ4n) is 0.996. The van der Waals surface area contributed by atoms with Gasteiger partial charge in [-0.15, -0.1) is 12.4 Å². The molecule has 0 aliphatic rings. The summed E-state index contributed by atoms with van der Waals surface area (Å²) < 4.78 is 1.95. The van der Waals surface area contributed by atoms with Crippen LogP contribution in [0, 0.1) is 0 Å². The van der Waals surface area contributed by atoms with Crippen molar-refractivity contribution in [3.05, 3.63) is 30.7 Å². The van der Waals surface area contributed by atoms with Gasteiger partial charge in [0.05, 0.1) is 11.9 Å². The molecule has 2 N–H and O–H groups in total. The number of imidazole rings is 1. The molecule has 6 heteroatoms. The third kappa shape index (κ3) is 2.87. The molecule has 0 aliphatic carbocycles. The first-order valence-electron chi connectivity index (χ1n) is 4.12. The largest absolute Gasteiger partial charge is 0.397 e. The van der Waals surface area contributed by atoms with Crippen molar-refractivity contribution in [2.45, 2.75) is 10.2 Å². The molecular formula is C9H11ClN4S. The summed E-state index contributed by atoms with van der Waals surface area (Å²) in [5.74, 6) is 0. The van der Waals surface area contributed by atoms with E-state index in [-0.39, 0.29) is 12.4 Å². The van der Waals surface area contributed by atoms with Crippen LogP contribution in [0.1, 0.15) is 0 Å². The van der Waals surface area contributed by atoms with Crippen molar-refractivity contribution in [2.24, 2.45) is 7.05 Å². The van der Waals surface area contributed by atoms with Gasteiger partial charge in [-0.2, -0.15) is 0 Å². The lowest BCUT2D eigenvalue weighted by Gasteiger charge is -2.00. The zero-order valence-electron chi connectivity index (χ0n) is 8.12. The molecular weight excluding hydrogens is 232 g/mol. The van der Waals surface area contributed by atoms with Crippen molar-refractivity contribution in [1.29, 1.82) is 0 Å². The Morgan fingerprint density at radius 3 is 2.67 bits per heavy atom. The van der Waals surface area contributed by atoms with E-state index in [0.29, 0.717) is 5.69 Å². The van der Waals surface area contributed by atoms with Crippen LogP contribution in [-0.4, -0.2) is 14.5 Å². The Labute approximate surface area is 98.3 Å². The summed E-state index contributed by atoms with van der Waals surface area (Å²) in [5, 5.41) is 1.82. The summed E-state index contributed by atoms with van der Waals surface area (Å²) in [6.07, 6.45) is 5.31. The molecule has 0 spiro atoms. The monoisotopic (exact) mass is 242 g/mol. The van der Waals surface area contributed by atoms with Crippen LogP contribution in [0.3, 0.4) is 0 Å². The second kappa shape index (κ2) is 5.04. The predicted molar refractivity (Wildman–Crippen MR) is 63.2 cm³/mol. The number of aryl methyl sites for hydroxylation is 1. The maximum absolute atomic E-state index is 5.54. The van der Waals surface area contributed by atoms with E-state index in [9.17, 15) is 0 Å². The molecule has 2 heterocycles. The highest BCUT2D eigenvalue weighted by atomic mass is 35.5. The molecule has 0 aromatic carbocycles. The first kappa shape index (κ1) is 11.9. The van der Waals surface area contributed by atoms with E-state index in [1.165, 1.54) is 11.8 Å². The number of halogens is 1. The third-order valence-corrected chi connectivity index (χ3v) is 2.76. The van der Waals surface area contributed by atoms with Gasteiger partial charge in [0.25, 0.3) is 0 Å². The molecule has 0 saturated carbocycles. The van der Waals surface area contributed by atoms with E-state index in [1.807, 2.05) is 29.9 Å². The van der Waals surface area contributed by atoms with Gasteiger partial charge in [0.1, 0.15) is 5.03 Å². The molecule has 2 rings (SSSR count). The highest BCUT2D eigenvalue weighted by Crippen LogP contribution is 2.23. The number of nitrogens with zero attached hydrogens (tertiary/aromatic N) is 3. The van der Waals surface area contributed by atoms with Gasteiger partial charge >= 0.3 is 0 Å². The van der Waals surface area contributed by atoms with E-state index in [0.717, 1.165) is 10.2 Å². The number of aromatic nitrogens is 3. The highest BCUT2D eigenvalue weighted by molar-refractivity contribution is 7.99. The average molecular weight is 243 g/mol. The average Bonchev–Trinajstić information content (AvgIpc) is 2.56. The summed E-state index contributed by atoms with van der Waals surface area (Å²) in [7, 11) is 1.95. The van der Waals surface area contributed by atoms with Crippen molar-refractivity contribution in [3.8, 4) is 0 Å². The second-order valence-corrected chi connectivity index (χ2v) is 3.84. The van der Waals surface area contributed by atoms with Crippen molar-refractivity contribution in [2.75, 3.05) is 5.73 Å². The standard InChI is InChI=1S/C9H10N4S.ClH/c1-13-5-4-11-9(13)14-8-3-2-7(10)6-12-8;/h2-6H,10H2,1H3;1H. The summed E-state index contributed by atoms with van der Waals surface area (Å²) in [4.78, 5) is 8.37. The van der Waals surface area contributed by atoms with Crippen LogP contribution >= 0.6 is 24.2 Å². The highest BCUT2D eigenvalue weighted by Gasteiger charge is 2.02. The molecule has 0 aliphatic heterocycles. The molecule has 0 unspecified atom stereocenters. The minimum absolute atomic E-state index is 0. The van der Waals surface area contributed by atoms with Crippen LogP contribution in [0.2, 0.25) is 0 Å². The topological polar surface area (TPSA) is 56.7 Å². The van der Waals surface area contributed by atoms with Gasteiger partial charge in [0.2, 0.25) is 0 Å². The smallest absolute Gasteiger partial charge is 0.174 e. The van der Waals surface area contributed by atoms with Crippen LogP contribution in [0.5, 0.6) is 0 Å². The maximum Gasteiger partial charge on any atom is 0.174 e. The molecule has 2 aromatic rings. The lowest BCUT2D eigenvalue weighted by Crippen LogP contribution is -1.90. The third-order valence-electron chi connectivity index (χ3n) is 1.73. The molecule has 15 heavy (non-hydrogen) atoms. The number of hydrogen-bond donors (Lipinski definition) is 1. The number of anilines is 1. The SMILES string of the molecule is Cl.Cn1ccnc1Sc1ccc(N)cn1. The van der Waals surface area contributed by atoms with Gasteiger partial charge in [-0.25, -0.2) is 9.97 Å². The van der Waals surface area contributed by atoms with Crippen LogP contribution in [0.25, 0.3) is 0 Å². The Balaban J connectivity index is 0.00000112. The Kier molecular flexibility index (Phi) is 3.99. The van der Waals surface area contributed by atoms with Crippen LogP contribution < -0.4 is 5.73 Å². The van der Waals surface area contributed by atoms with Gasteiger partial charge in [-0.05, 0) is 23.9 Å². The second-order valence-electron chi connectivity index (χ2n) is 2.85. The van der Waals surface area contributed by atoms with E-state index < -0.39 is 0 Å². The predicted octanol–water partition coefficient (Wildman–Crippen LogP) is 1.97. The van der Waals surface area contributed by atoms with Crippen molar-refractivity contribution in [3.63, 3.8) is 0 Å². The fraction of sp³-hybridized carbons (Fsp3) is 0.111. The maximum atomic E-state index is 5.54. The molecule has 0 saturated heterocycles. The van der Waals surface area contributed by atoms with Crippen LogP contribution in [-0.2, 0) is 7.05 Å². The minimum Gasteiger partial charge on any atom is -0.397 e. The Hall–Kier alpha value is -1.20. The lowest BCUT2D eigenvalue weighted by molar-refractivity contribution is 0.788. The first-order valence-corrected chi connectivity index (χ1v) is 4.94. The molecule has 0 amide bonds. The minimum atomic E-state index is 0. The Morgan fingerprint density at radius 2 is 2.13 bits per heavy atom. The van der Waals surface area contributed by atoms with Crippen LogP contribution in [0.4, 0.5) is 5.69 Å². The van der Waals surface area contributed by atoms with Crippen LogP contribution in [0.15, 0.2) is 40.9 Å². The van der Waals surface area contributed by atoms with Gasteiger partial charge in [-0.3, -0.25) is 0 Å². The van der Waals surface area contributed by atoms with Crippen molar-refractivity contribution < 1.29 is 0 Å². The lowest BCUT2D eigenvalue weighted by atomic mass is 10.4. The number of rotatable bonds is 2. The number of pyridine rings is 1. The quantitative estimate of drug-likeness (QED) is 0.875. The van der Waals surface area contributed by atoms with E-state index in [2.05, 4.69) is 9.97 Å². The number of nitrogens with two attached hydrogens (primary N) is 1. The normalized spacial score (nSPS) is 9.67. The molecule has 80 valence electrons. The molecule has 4 nitrogen and oxygen atoms in total. The van der Waals surface area contributed by atoms with Gasteiger partial charge in [0, 0.05) is 19.4 Å². The van der Waals surface area contributed by atoms with E-state index >= 15 is 0 Å². The van der Waals surface area contributed by atoms with E-state index in [4.69, 9.17) is 5.73 Å². The Bertz CT molecular complexity index is 426. The number of nitrogen functional groups attached to an aromatic ring is 1. The zero-order valence-corrected chi connectivity index (χ0v) is 9.76. The fourth-order valence-corrected chi connectivity index (χ4v) is 1.74. The van der Waals surface area contributed by atoms with Gasteiger partial charge in [-0.1, -0.05) is 0 Å². The van der Waals surface area contributed by atoms with Gasteiger partial charge < -0.3 is 10.3 Å². The van der Waals surface area contributed by atoms with Crippen molar-refractivity contribution in [1.82, 2.24) is 14.5 Å². The Morgan fingerprint density at radius 1 is 1.33 bits per heavy atom. The van der Waals surface area contributed by atoms with Crippen molar-refractivity contribution >= 4 is 29.9 Å². The number of hydrogen-bond acceptors (Lipinski definition) is 4. The molecule has 0 radical (unpaired) electrons. The van der Waals surface area contributed by atoms with Gasteiger partial charge in [0.15, 0.2) is 5.16 Å². The first-order chi connectivity index (χ1) is 6.75. The molecule has 2 aromatic heterocycles. The zero-order chi connectivity index (χ0) is 9.97. The summed E-state index contributed by atoms with van der Waals surface area (Å²) >= 11 is 1.51.